The van der Waals surface area contributed by atoms with E-state index < -0.39 is 0 Å². The van der Waals surface area contributed by atoms with Crippen molar-refractivity contribution < 1.29 is 14.3 Å². The summed E-state index contributed by atoms with van der Waals surface area (Å²) in [7, 11) is 0. The topological polar surface area (TPSA) is 78.3 Å². The Balaban J connectivity index is 1.62. The molecule has 0 unspecified atom stereocenters. The minimum Gasteiger partial charge on any atom is -0.490 e. The van der Waals surface area contributed by atoms with Crippen LogP contribution in [0.4, 0.5) is 5.69 Å². The van der Waals surface area contributed by atoms with Gasteiger partial charge < -0.3 is 14.8 Å². The first kappa shape index (κ1) is 19.8. The minimum absolute atomic E-state index is 0.140. The quantitative estimate of drug-likeness (QED) is 0.553. The number of amides is 1. The van der Waals surface area contributed by atoms with Crippen LogP contribution in [0.25, 0.3) is 5.69 Å². The second-order valence-electron chi connectivity index (χ2n) is 5.68. The summed E-state index contributed by atoms with van der Waals surface area (Å²) in [6.07, 6.45) is 1.64. The van der Waals surface area contributed by atoms with Crippen molar-refractivity contribution in [3.05, 3.63) is 54.9 Å². The number of nitrogens with one attached hydrogen (secondary N) is 1. The normalized spacial score (nSPS) is 10.5. The van der Waals surface area contributed by atoms with E-state index in [4.69, 9.17) is 9.47 Å². The average Bonchev–Trinajstić information content (AvgIpc) is 3.18. The molecule has 28 heavy (non-hydrogen) atoms. The van der Waals surface area contributed by atoms with Crippen molar-refractivity contribution in [3.8, 4) is 17.2 Å². The molecule has 0 bridgehead atoms. The highest BCUT2D eigenvalue weighted by atomic mass is 32.2. The van der Waals surface area contributed by atoms with Gasteiger partial charge in [0, 0.05) is 17.4 Å². The monoisotopic (exact) mass is 398 g/mol. The first-order chi connectivity index (χ1) is 13.7. The van der Waals surface area contributed by atoms with E-state index >= 15 is 0 Å². The lowest BCUT2D eigenvalue weighted by Crippen LogP contribution is -2.14. The molecule has 1 heterocycles. The van der Waals surface area contributed by atoms with E-state index in [0.717, 1.165) is 5.69 Å². The maximum absolute atomic E-state index is 12.4. The number of thioether (sulfide) groups is 1. The van der Waals surface area contributed by atoms with Crippen molar-refractivity contribution in [2.75, 3.05) is 24.3 Å². The molecule has 0 atom stereocenters. The standard InChI is InChI=1S/C20H22N4O3S/c1-3-26-17-11-10-15(12-18(17)27-4-2)22-19(25)13-28-20-23-21-14-24(20)16-8-6-5-7-9-16/h5-12,14H,3-4,13H2,1-2H3,(H,22,25). The van der Waals surface area contributed by atoms with Crippen LogP contribution in [-0.4, -0.2) is 39.6 Å². The Morgan fingerprint density at radius 3 is 2.57 bits per heavy atom. The predicted octanol–water partition coefficient (Wildman–Crippen LogP) is 3.80. The number of aromatic nitrogens is 3. The van der Waals surface area contributed by atoms with Crippen LogP contribution in [0, 0.1) is 0 Å². The van der Waals surface area contributed by atoms with Crippen LogP contribution < -0.4 is 14.8 Å². The van der Waals surface area contributed by atoms with Gasteiger partial charge in [-0.25, -0.2) is 0 Å². The molecule has 0 aliphatic heterocycles. The molecule has 1 amide bonds. The summed E-state index contributed by atoms with van der Waals surface area (Å²) >= 11 is 1.32. The molecule has 2 aromatic carbocycles. The fourth-order valence-corrected chi connectivity index (χ4v) is 3.27. The number of para-hydroxylation sites is 1. The van der Waals surface area contributed by atoms with Gasteiger partial charge in [-0.2, -0.15) is 0 Å². The molecule has 1 aromatic heterocycles. The molecule has 3 aromatic rings. The van der Waals surface area contributed by atoms with E-state index in [0.29, 0.717) is 35.6 Å². The van der Waals surface area contributed by atoms with Gasteiger partial charge in [0.25, 0.3) is 0 Å². The lowest BCUT2D eigenvalue weighted by atomic mass is 10.2. The zero-order valence-electron chi connectivity index (χ0n) is 15.8. The Morgan fingerprint density at radius 2 is 1.82 bits per heavy atom. The van der Waals surface area contributed by atoms with Crippen molar-refractivity contribution in [2.45, 2.75) is 19.0 Å². The minimum atomic E-state index is -0.140. The fourth-order valence-electron chi connectivity index (χ4n) is 2.54. The van der Waals surface area contributed by atoms with Gasteiger partial charge in [-0.1, -0.05) is 30.0 Å². The lowest BCUT2D eigenvalue weighted by molar-refractivity contribution is -0.113. The molecular weight excluding hydrogens is 376 g/mol. The second-order valence-corrected chi connectivity index (χ2v) is 6.63. The zero-order chi connectivity index (χ0) is 19.8. The van der Waals surface area contributed by atoms with E-state index in [-0.39, 0.29) is 11.7 Å². The van der Waals surface area contributed by atoms with Gasteiger partial charge in [0.15, 0.2) is 16.7 Å². The number of carbonyl (C=O) groups is 1. The van der Waals surface area contributed by atoms with E-state index in [2.05, 4.69) is 15.5 Å². The number of hydrogen-bond acceptors (Lipinski definition) is 6. The van der Waals surface area contributed by atoms with E-state index in [1.165, 1.54) is 11.8 Å². The molecule has 0 saturated carbocycles. The maximum Gasteiger partial charge on any atom is 0.234 e. The Morgan fingerprint density at radius 1 is 1.07 bits per heavy atom. The number of nitrogens with zero attached hydrogens (tertiary/aromatic N) is 3. The van der Waals surface area contributed by atoms with Gasteiger partial charge in [0.05, 0.1) is 19.0 Å². The van der Waals surface area contributed by atoms with Crippen molar-refractivity contribution in [1.29, 1.82) is 0 Å². The number of hydrogen-bond donors (Lipinski definition) is 1. The van der Waals surface area contributed by atoms with Crippen LogP contribution in [0.2, 0.25) is 0 Å². The molecule has 7 nitrogen and oxygen atoms in total. The summed E-state index contributed by atoms with van der Waals surface area (Å²) < 4.78 is 13.0. The summed E-state index contributed by atoms with van der Waals surface area (Å²) in [5.41, 5.74) is 1.60. The highest BCUT2D eigenvalue weighted by Crippen LogP contribution is 2.30. The van der Waals surface area contributed by atoms with Gasteiger partial charge in [-0.3, -0.25) is 9.36 Å². The van der Waals surface area contributed by atoms with Crippen LogP contribution in [0.1, 0.15) is 13.8 Å². The Labute approximate surface area is 168 Å². The first-order valence-electron chi connectivity index (χ1n) is 8.99. The number of carbonyl (C=O) groups excluding carboxylic acids is 1. The van der Waals surface area contributed by atoms with Crippen molar-refractivity contribution in [3.63, 3.8) is 0 Å². The van der Waals surface area contributed by atoms with Crippen LogP contribution >= 0.6 is 11.8 Å². The van der Waals surface area contributed by atoms with Crippen LogP contribution in [0.3, 0.4) is 0 Å². The number of ether oxygens (including phenoxy) is 2. The molecule has 0 aliphatic carbocycles. The van der Waals surface area contributed by atoms with Crippen molar-refractivity contribution in [1.82, 2.24) is 14.8 Å². The highest BCUT2D eigenvalue weighted by Gasteiger charge is 2.12. The van der Waals surface area contributed by atoms with E-state index in [1.54, 1.807) is 24.5 Å². The first-order valence-corrected chi connectivity index (χ1v) is 9.97. The summed E-state index contributed by atoms with van der Waals surface area (Å²) in [6.45, 7) is 4.88. The van der Waals surface area contributed by atoms with Crippen LogP contribution in [0.15, 0.2) is 60.0 Å². The molecule has 0 radical (unpaired) electrons. The fraction of sp³-hybridized carbons (Fsp3) is 0.250. The van der Waals surface area contributed by atoms with Crippen molar-refractivity contribution in [2.24, 2.45) is 0 Å². The third-order valence-electron chi connectivity index (χ3n) is 3.71. The molecule has 0 saturated heterocycles. The maximum atomic E-state index is 12.4. The third kappa shape index (κ3) is 5.04. The summed E-state index contributed by atoms with van der Waals surface area (Å²) in [5.74, 6) is 1.34. The average molecular weight is 398 g/mol. The Hall–Kier alpha value is -3.00. The molecule has 8 heteroatoms. The van der Waals surface area contributed by atoms with Crippen LogP contribution in [0.5, 0.6) is 11.5 Å². The van der Waals surface area contributed by atoms with Gasteiger partial charge >= 0.3 is 0 Å². The number of rotatable bonds is 9. The zero-order valence-corrected chi connectivity index (χ0v) is 16.6. The molecule has 0 aliphatic rings. The second kappa shape index (κ2) is 9.80. The van der Waals surface area contributed by atoms with Gasteiger partial charge in [0.1, 0.15) is 6.33 Å². The van der Waals surface area contributed by atoms with Gasteiger partial charge in [-0.05, 0) is 38.1 Å². The predicted molar refractivity (Wildman–Crippen MR) is 109 cm³/mol. The molecule has 0 fully saturated rings. The largest absolute Gasteiger partial charge is 0.490 e. The summed E-state index contributed by atoms with van der Waals surface area (Å²) in [6, 6.07) is 15.1. The summed E-state index contributed by atoms with van der Waals surface area (Å²) in [5, 5.41) is 11.6. The van der Waals surface area contributed by atoms with Crippen molar-refractivity contribution >= 4 is 23.4 Å². The number of anilines is 1. The van der Waals surface area contributed by atoms with Gasteiger partial charge in [0.2, 0.25) is 5.91 Å². The molecule has 0 spiro atoms. The molecule has 3 rings (SSSR count). The third-order valence-corrected chi connectivity index (χ3v) is 4.65. The highest BCUT2D eigenvalue weighted by molar-refractivity contribution is 7.99. The van der Waals surface area contributed by atoms with Crippen LogP contribution in [-0.2, 0) is 4.79 Å². The Kier molecular flexibility index (Phi) is 6.91. The molecular formula is C20H22N4O3S. The van der Waals surface area contributed by atoms with E-state index in [9.17, 15) is 4.79 Å². The smallest absolute Gasteiger partial charge is 0.234 e. The number of benzene rings is 2. The van der Waals surface area contributed by atoms with E-state index in [1.807, 2.05) is 48.7 Å². The SMILES string of the molecule is CCOc1ccc(NC(=O)CSc2nncn2-c2ccccc2)cc1OCC. The molecule has 146 valence electrons. The Bertz CT molecular complexity index is 915. The summed E-state index contributed by atoms with van der Waals surface area (Å²) in [4.78, 5) is 12.4. The lowest BCUT2D eigenvalue weighted by Gasteiger charge is -2.13. The van der Waals surface area contributed by atoms with Gasteiger partial charge in [-0.15, -0.1) is 10.2 Å². The molecule has 1 N–H and O–H groups in total.